The third-order valence-corrected chi connectivity index (χ3v) is 3.37. The van der Waals surface area contributed by atoms with Gasteiger partial charge in [-0.05, 0) is 44.0 Å². The largest absolute Gasteiger partial charge is 0.381 e. The highest BCUT2D eigenvalue weighted by Gasteiger charge is 2.15. The number of halogens is 2. The number of ether oxygens (including phenoxy) is 1. The Labute approximate surface area is 123 Å². The van der Waals surface area contributed by atoms with E-state index < -0.39 is 0 Å². The monoisotopic (exact) mass is 331 g/mol. The first-order chi connectivity index (χ1) is 9.19. The summed E-state index contributed by atoms with van der Waals surface area (Å²) in [5.41, 5.74) is 0.711. The van der Waals surface area contributed by atoms with E-state index >= 15 is 0 Å². The first kappa shape index (κ1) is 16.6. The van der Waals surface area contributed by atoms with Crippen molar-refractivity contribution in [3.63, 3.8) is 0 Å². The van der Waals surface area contributed by atoms with Crippen LogP contribution in [0, 0.1) is 5.82 Å². The molecule has 0 spiro atoms. The van der Waals surface area contributed by atoms with Crippen molar-refractivity contribution in [1.82, 2.24) is 5.32 Å². The molecule has 1 aromatic carbocycles. The van der Waals surface area contributed by atoms with Gasteiger partial charge in [0.25, 0.3) is 0 Å². The number of nitrogens with one attached hydrogen (secondary N) is 1. The minimum absolute atomic E-state index is 0.00862. The average molecular weight is 332 g/mol. The summed E-state index contributed by atoms with van der Waals surface area (Å²) in [5.74, 6) is -0.160. The maximum Gasteiger partial charge on any atom is 0.128 e. The molecule has 0 aromatic heterocycles. The van der Waals surface area contributed by atoms with Crippen molar-refractivity contribution in [3.8, 4) is 0 Å². The Kier molecular flexibility index (Phi) is 8.26. The summed E-state index contributed by atoms with van der Waals surface area (Å²) in [6.45, 7) is 6.49. The van der Waals surface area contributed by atoms with E-state index in [1.165, 1.54) is 6.07 Å². The summed E-state index contributed by atoms with van der Waals surface area (Å²) in [4.78, 5) is 0. The molecule has 1 unspecified atom stereocenters. The van der Waals surface area contributed by atoms with Crippen molar-refractivity contribution >= 4 is 15.9 Å². The highest BCUT2D eigenvalue weighted by molar-refractivity contribution is 9.10. The minimum Gasteiger partial charge on any atom is -0.381 e. The molecule has 0 saturated carbocycles. The first-order valence-electron chi connectivity index (χ1n) is 6.95. The van der Waals surface area contributed by atoms with Crippen molar-refractivity contribution in [1.29, 1.82) is 0 Å². The van der Waals surface area contributed by atoms with Crippen LogP contribution in [0.3, 0.4) is 0 Å². The Morgan fingerprint density at radius 2 is 2.05 bits per heavy atom. The second-order valence-electron chi connectivity index (χ2n) is 4.57. The summed E-state index contributed by atoms with van der Waals surface area (Å²) in [7, 11) is 0. The summed E-state index contributed by atoms with van der Waals surface area (Å²) >= 11 is 3.40. The fourth-order valence-electron chi connectivity index (χ4n) is 1.92. The van der Waals surface area contributed by atoms with E-state index in [9.17, 15) is 4.39 Å². The van der Waals surface area contributed by atoms with Gasteiger partial charge in [0.1, 0.15) is 5.82 Å². The van der Waals surface area contributed by atoms with Gasteiger partial charge in [-0.1, -0.05) is 29.8 Å². The van der Waals surface area contributed by atoms with Crippen LogP contribution in [0.2, 0.25) is 0 Å². The Morgan fingerprint density at radius 3 is 2.74 bits per heavy atom. The molecule has 1 atom stereocenters. The molecule has 0 aliphatic rings. The second-order valence-corrected chi connectivity index (χ2v) is 5.49. The molecule has 0 aliphatic carbocycles. The summed E-state index contributed by atoms with van der Waals surface area (Å²) in [6, 6.07) is 5.09. The zero-order valence-corrected chi connectivity index (χ0v) is 13.3. The molecule has 0 radical (unpaired) electrons. The lowest BCUT2D eigenvalue weighted by Crippen LogP contribution is -2.24. The van der Waals surface area contributed by atoms with E-state index in [0.717, 1.165) is 36.9 Å². The highest BCUT2D eigenvalue weighted by atomic mass is 79.9. The molecule has 0 saturated heterocycles. The molecule has 1 rings (SSSR count). The van der Waals surface area contributed by atoms with E-state index in [0.29, 0.717) is 12.2 Å². The summed E-state index contributed by atoms with van der Waals surface area (Å²) in [5, 5.41) is 3.39. The number of rotatable bonds is 9. The van der Waals surface area contributed by atoms with Crippen LogP contribution in [0.1, 0.15) is 44.7 Å². The minimum atomic E-state index is -0.160. The zero-order chi connectivity index (χ0) is 14.1. The molecule has 0 amide bonds. The highest BCUT2D eigenvalue weighted by Crippen LogP contribution is 2.24. The number of benzene rings is 1. The molecule has 2 nitrogen and oxygen atoms in total. The van der Waals surface area contributed by atoms with Crippen LogP contribution in [-0.2, 0) is 4.74 Å². The van der Waals surface area contributed by atoms with Gasteiger partial charge < -0.3 is 10.1 Å². The predicted molar refractivity (Wildman–Crippen MR) is 80.9 cm³/mol. The molecular weight excluding hydrogens is 309 g/mol. The normalized spacial score (nSPS) is 12.6. The van der Waals surface area contributed by atoms with Crippen molar-refractivity contribution in [2.75, 3.05) is 19.8 Å². The maximum absolute atomic E-state index is 13.9. The van der Waals surface area contributed by atoms with Gasteiger partial charge in [0, 0.05) is 29.3 Å². The average Bonchev–Trinajstić information content (AvgIpc) is 2.41. The van der Waals surface area contributed by atoms with Crippen LogP contribution in [0.5, 0.6) is 0 Å². The SMILES string of the molecule is CCCNC(CCOCCC)c1cc(Br)ccc1F. The van der Waals surface area contributed by atoms with Crippen molar-refractivity contribution < 1.29 is 9.13 Å². The van der Waals surface area contributed by atoms with Gasteiger partial charge in [-0.15, -0.1) is 0 Å². The Bertz CT molecular complexity index is 373. The van der Waals surface area contributed by atoms with Gasteiger partial charge in [0.15, 0.2) is 0 Å². The van der Waals surface area contributed by atoms with E-state index in [4.69, 9.17) is 4.74 Å². The number of hydrogen-bond acceptors (Lipinski definition) is 2. The van der Waals surface area contributed by atoms with Gasteiger partial charge in [-0.3, -0.25) is 0 Å². The summed E-state index contributed by atoms with van der Waals surface area (Å²) < 4.78 is 20.3. The molecule has 19 heavy (non-hydrogen) atoms. The van der Waals surface area contributed by atoms with Crippen molar-refractivity contribution in [2.24, 2.45) is 0 Å². The van der Waals surface area contributed by atoms with E-state index in [1.807, 2.05) is 6.07 Å². The van der Waals surface area contributed by atoms with Crippen LogP contribution in [0.4, 0.5) is 4.39 Å². The third kappa shape index (κ3) is 6.02. The second kappa shape index (κ2) is 9.45. The van der Waals surface area contributed by atoms with E-state index in [-0.39, 0.29) is 11.9 Å². The van der Waals surface area contributed by atoms with Gasteiger partial charge in [-0.2, -0.15) is 0 Å². The van der Waals surface area contributed by atoms with Gasteiger partial charge in [0.05, 0.1) is 0 Å². The Hall–Kier alpha value is -0.450. The Balaban J connectivity index is 2.68. The molecule has 0 bridgehead atoms. The first-order valence-corrected chi connectivity index (χ1v) is 7.74. The quantitative estimate of drug-likeness (QED) is 0.675. The van der Waals surface area contributed by atoms with Crippen molar-refractivity contribution in [3.05, 3.63) is 34.1 Å². The van der Waals surface area contributed by atoms with Crippen LogP contribution in [-0.4, -0.2) is 19.8 Å². The number of hydrogen-bond donors (Lipinski definition) is 1. The van der Waals surface area contributed by atoms with Gasteiger partial charge >= 0.3 is 0 Å². The fourth-order valence-corrected chi connectivity index (χ4v) is 2.29. The molecule has 0 fully saturated rings. The third-order valence-electron chi connectivity index (χ3n) is 2.87. The molecular formula is C15H23BrFNO. The van der Waals surface area contributed by atoms with Crippen molar-refractivity contribution in [2.45, 2.75) is 39.2 Å². The lowest BCUT2D eigenvalue weighted by Gasteiger charge is -2.20. The van der Waals surface area contributed by atoms with Gasteiger partial charge in [0.2, 0.25) is 0 Å². The van der Waals surface area contributed by atoms with E-state index in [2.05, 4.69) is 35.1 Å². The fraction of sp³-hybridized carbons (Fsp3) is 0.600. The smallest absolute Gasteiger partial charge is 0.128 e. The van der Waals surface area contributed by atoms with E-state index in [1.54, 1.807) is 6.07 Å². The lowest BCUT2D eigenvalue weighted by atomic mass is 10.0. The molecule has 1 aromatic rings. The lowest BCUT2D eigenvalue weighted by molar-refractivity contribution is 0.124. The molecule has 0 aliphatic heterocycles. The predicted octanol–water partition coefficient (Wildman–Crippen LogP) is 4.45. The van der Waals surface area contributed by atoms with Crippen LogP contribution in [0.25, 0.3) is 0 Å². The Morgan fingerprint density at radius 1 is 1.26 bits per heavy atom. The maximum atomic E-state index is 13.9. The molecule has 0 heterocycles. The molecule has 1 N–H and O–H groups in total. The molecule has 108 valence electrons. The summed E-state index contributed by atoms with van der Waals surface area (Å²) in [6.07, 6.45) is 2.83. The molecule has 4 heteroatoms. The van der Waals surface area contributed by atoms with Crippen LogP contribution < -0.4 is 5.32 Å². The van der Waals surface area contributed by atoms with Crippen LogP contribution in [0.15, 0.2) is 22.7 Å². The standard InChI is InChI=1S/C15H23BrFNO/c1-3-8-18-15(7-10-19-9-4-2)13-11-12(16)5-6-14(13)17/h5-6,11,15,18H,3-4,7-10H2,1-2H3. The van der Waals surface area contributed by atoms with Crippen LogP contribution >= 0.6 is 15.9 Å². The van der Waals surface area contributed by atoms with Gasteiger partial charge in [-0.25, -0.2) is 4.39 Å². The zero-order valence-electron chi connectivity index (χ0n) is 11.7. The topological polar surface area (TPSA) is 21.3 Å².